The van der Waals surface area contributed by atoms with Gasteiger partial charge < -0.3 is 4.32 Å². The summed E-state index contributed by atoms with van der Waals surface area (Å²) >= 11 is 3.07. The first-order valence-electron chi connectivity index (χ1n) is 3.23. The van der Waals surface area contributed by atoms with Crippen LogP contribution in [0.1, 0.15) is 5.56 Å². The summed E-state index contributed by atoms with van der Waals surface area (Å²) in [4.78, 5) is 0. The normalized spacial score (nSPS) is 9.64. The minimum atomic E-state index is -0.798. The van der Waals surface area contributed by atoms with Crippen molar-refractivity contribution in [2.75, 3.05) is 0 Å². The Labute approximate surface area is 83.9 Å². The predicted octanol–water partition coefficient (Wildman–Crippen LogP) is 3.31. The molecule has 0 aliphatic heterocycles. The lowest BCUT2D eigenvalue weighted by Gasteiger charge is -1.97. The Hall–Kier alpha value is 0.295. The van der Waals surface area contributed by atoms with Gasteiger partial charge in [-0.05, 0) is 5.56 Å². The number of rotatable bonds is 3. The first-order chi connectivity index (χ1) is 5.29. The molecule has 0 nitrogen and oxygen atoms in total. The van der Waals surface area contributed by atoms with Gasteiger partial charge in [0.1, 0.15) is 0 Å². The Morgan fingerprint density at radius 3 is 2.55 bits per heavy atom. The molecule has 1 aromatic carbocycles. The smallest absolute Gasteiger partial charge is 0.304 e. The number of hydrogen-bond acceptors (Lipinski definition) is 1. The van der Waals surface area contributed by atoms with E-state index in [0.717, 1.165) is 5.75 Å². The zero-order valence-electron chi connectivity index (χ0n) is 5.84. The maximum Gasteiger partial charge on any atom is 0.480 e. The molecule has 4 heteroatoms. The van der Waals surface area contributed by atoms with Crippen LogP contribution in [0.15, 0.2) is 30.3 Å². The molecule has 11 heavy (non-hydrogen) atoms. The molecule has 0 atom stereocenters. The first kappa shape index (κ1) is 9.38. The van der Waals surface area contributed by atoms with Crippen LogP contribution >= 0.6 is 34.0 Å². The van der Waals surface area contributed by atoms with Crippen molar-refractivity contribution < 1.29 is 4.32 Å². The minimum absolute atomic E-state index is 0.755. The molecule has 0 aromatic heterocycles. The summed E-state index contributed by atoms with van der Waals surface area (Å²) in [5, 5.41) is 0. The van der Waals surface area contributed by atoms with Gasteiger partial charge >= 0.3 is 4.12 Å². The van der Waals surface area contributed by atoms with Crippen LogP contribution in [-0.2, 0) is 5.75 Å². The van der Waals surface area contributed by atoms with Gasteiger partial charge in [-0.3, -0.25) is 0 Å². The molecule has 0 fully saturated rings. The van der Waals surface area contributed by atoms with E-state index >= 15 is 0 Å². The Kier molecular flexibility index (Phi) is 4.29. The highest BCUT2D eigenvalue weighted by molar-refractivity contribution is 14.1. The number of benzene rings is 1. The van der Waals surface area contributed by atoms with Crippen molar-refractivity contribution in [2.24, 2.45) is 0 Å². The first-order valence-corrected chi connectivity index (χ1v) is 5.52. The van der Waals surface area contributed by atoms with Gasteiger partial charge in [-0.1, -0.05) is 52.7 Å². The van der Waals surface area contributed by atoms with E-state index in [9.17, 15) is 4.32 Å². The third kappa shape index (κ3) is 4.01. The molecular weight excluding hydrogens is 273 g/mol. The predicted molar refractivity (Wildman–Crippen MR) is 58.6 cm³/mol. The lowest BCUT2D eigenvalue weighted by molar-refractivity contribution is 0.891. The van der Waals surface area contributed by atoms with Gasteiger partial charge in [0, 0.05) is 5.75 Å². The third-order valence-electron chi connectivity index (χ3n) is 1.22. The van der Waals surface area contributed by atoms with Crippen molar-refractivity contribution in [1.29, 1.82) is 0 Å². The highest BCUT2D eigenvalue weighted by atomic mass is 127. The van der Waals surface area contributed by atoms with Crippen molar-refractivity contribution in [2.45, 2.75) is 5.75 Å². The minimum Gasteiger partial charge on any atom is -0.304 e. The van der Waals surface area contributed by atoms with Gasteiger partial charge in [0.2, 0.25) is 0 Å². The van der Waals surface area contributed by atoms with Gasteiger partial charge in [-0.15, -0.1) is 0 Å². The average molecular weight is 280 g/mol. The van der Waals surface area contributed by atoms with Crippen LogP contribution < -0.4 is 0 Å². The Balaban J connectivity index is 2.39. The van der Waals surface area contributed by atoms with E-state index in [2.05, 4.69) is 0 Å². The van der Waals surface area contributed by atoms with E-state index < -0.39 is 4.12 Å². The van der Waals surface area contributed by atoms with Crippen LogP contribution in [0.3, 0.4) is 0 Å². The van der Waals surface area contributed by atoms with Crippen molar-refractivity contribution in [3.8, 4) is 0 Å². The lowest BCUT2D eigenvalue weighted by atomic mass is 10.2. The number of halogens is 2. The van der Waals surface area contributed by atoms with Crippen LogP contribution in [0.5, 0.6) is 0 Å². The maximum atomic E-state index is 12.3. The molecule has 1 aromatic rings. The van der Waals surface area contributed by atoms with Crippen LogP contribution in [0.2, 0.25) is 0 Å². The summed E-state index contributed by atoms with van der Waals surface area (Å²) in [7, 11) is 0. The fourth-order valence-corrected chi connectivity index (χ4v) is 1.78. The maximum absolute atomic E-state index is 12.3. The van der Waals surface area contributed by atoms with Crippen molar-refractivity contribution >= 4 is 38.1 Å². The second kappa shape index (κ2) is 5.03. The standard InChI is InChI=1S/C7H7BFIS/c9-8(10)11-6-7-4-2-1-3-5-7/h1-5H,6H2. The Morgan fingerprint density at radius 2 is 2.00 bits per heavy atom. The van der Waals surface area contributed by atoms with Crippen molar-refractivity contribution in [3.05, 3.63) is 35.9 Å². The quantitative estimate of drug-likeness (QED) is 0.604. The molecule has 1 rings (SSSR count). The summed E-state index contributed by atoms with van der Waals surface area (Å²) in [5.74, 6) is 0.755. The summed E-state index contributed by atoms with van der Waals surface area (Å²) in [6.07, 6.45) is 0. The Morgan fingerprint density at radius 1 is 1.36 bits per heavy atom. The summed E-state index contributed by atoms with van der Waals surface area (Å²) in [6.45, 7) is 0. The van der Waals surface area contributed by atoms with E-state index in [0.29, 0.717) is 0 Å². The molecule has 0 saturated heterocycles. The van der Waals surface area contributed by atoms with Crippen molar-refractivity contribution in [3.63, 3.8) is 0 Å². The molecular formula is C7H7BFIS. The molecule has 0 bridgehead atoms. The van der Waals surface area contributed by atoms with Crippen LogP contribution in [0.4, 0.5) is 4.32 Å². The molecule has 0 spiro atoms. The highest BCUT2D eigenvalue weighted by Crippen LogP contribution is 2.19. The largest absolute Gasteiger partial charge is 0.480 e. The monoisotopic (exact) mass is 280 g/mol. The fraction of sp³-hybridized carbons (Fsp3) is 0.143. The highest BCUT2D eigenvalue weighted by Gasteiger charge is 2.07. The van der Waals surface area contributed by atoms with Crippen molar-refractivity contribution in [1.82, 2.24) is 0 Å². The molecule has 0 saturated carbocycles. The second-order valence-electron chi connectivity index (χ2n) is 2.06. The lowest BCUT2D eigenvalue weighted by Crippen LogP contribution is -1.87. The van der Waals surface area contributed by atoms with Crippen LogP contribution in [0.25, 0.3) is 0 Å². The van der Waals surface area contributed by atoms with Gasteiger partial charge in [-0.25, -0.2) is 0 Å². The zero-order valence-corrected chi connectivity index (χ0v) is 8.81. The van der Waals surface area contributed by atoms with Gasteiger partial charge in [0.05, 0.1) is 0 Å². The summed E-state index contributed by atoms with van der Waals surface area (Å²) in [5.41, 5.74) is 1.18. The Bertz CT molecular complexity index is 205. The molecule has 58 valence electrons. The summed E-state index contributed by atoms with van der Waals surface area (Å²) < 4.78 is 11.5. The van der Waals surface area contributed by atoms with Crippen LogP contribution in [0, 0.1) is 0 Å². The molecule has 0 heterocycles. The van der Waals surface area contributed by atoms with Gasteiger partial charge in [0.25, 0.3) is 0 Å². The van der Waals surface area contributed by atoms with E-state index in [1.54, 1.807) is 22.4 Å². The second-order valence-corrected chi connectivity index (χ2v) is 5.03. The van der Waals surface area contributed by atoms with E-state index in [1.807, 2.05) is 30.3 Å². The van der Waals surface area contributed by atoms with Crippen LogP contribution in [-0.4, -0.2) is 4.12 Å². The topological polar surface area (TPSA) is 0 Å². The molecule has 0 amide bonds. The van der Waals surface area contributed by atoms with Gasteiger partial charge in [0.15, 0.2) is 0 Å². The molecule has 0 aliphatic rings. The zero-order chi connectivity index (χ0) is 8.10. The fourth-order valence-electron chi connectivity index (χ4n) is 0.733. The van der Waals surface area contributed by atoms with E-state index in [-0.39, 0.29) is 0 Å². The summed E-state index contributed by atoms with van der Waals surface area (Å²) in [6, 6.07) is 9.91. The molecule has 0 radical (unpaired) electrons. The molecule has 0 unspecified atom stereocenters. The van der Waals surface area contributed by atoms with Gasteiger partial charge in [-0.2, -0.15) is 11.6 Å². The third-order valence-corrected chi connectivity index (χ3v) is 3.05. The SMILES string of the molecule is FB(I)SCc1ccccc1. The van der Waals surface area contributed by atoms with E-state index in [1.165, 1.54) is 17.2 Å². The number of hydrogen-bond donors (Lipinski definition) is 0. The van der Waals surface area contributed by atoms with E-state index in [4.69, 9.17) is 0 Å². The average Bonchev–Trinajstić information content (AvgIpc) is 2.03. The molecule has 0 N–H and O–H groups in total. The molecule has 0 aliphatic carbocycles.